The predicted octanol–water partition coefficient (Wildman–Crippen LogP) is 1.30. The number of halogens is 1. The first-order valence-corrected chi connectivity index (χ1v) is 6.85. The molecule has 1 aliphatic heterocycles. The molecule has 1 aliphatic rings. The summed E-state index contributed by atoms with van der Waals surface area (Å²) in [6.07, 6.45) is 1.31. The molecule has 2 heterocycles. The molecular weight excluding hydrogens is 289 g/mol. The highest BCUT2D eigenvalue weighted by Gasteiger charge is 2.28. The van der Waals surface area contributed by atoms with Crippen molar-refractivity contribution in [2.75, 3.05) is 19.6 Å². The van der Waals surface area contributed by atoms with Gasteiger partial charge >= 0.3 is 0 Å². The maximum atomic E-state index is 13.2. The van der Waals surface area contributed by atoms with Crippen LogP contribution in [-0.4, -0.2) is 46.4 Å². The Morgan fingerprint density at radius 2 is 2.18 bits per heavy atom. The van der Waals surface area contributed by atoms with E-state index in [0.29, 0.717) is 19.6 Å². The van der Waals surface area contributed by atoms with E-state index >= 15 is 0 Å². The zero-order valence-electron chi connectivity index (χ0n) is 11.7. The molecule has 3 rings (SSSR count). The van der Waals surface area contributed by atoms with Crippen LogP contribution >= 0.6 is 0 Å². The van der Waals surface area contributed by atoms with Crippen LogP contribution in [0, 0.1) is 5.82 Å². The van der Waals surface area contributed by atoms with Crippen molar-refractivity contribution >= 4 is 11.8 Å². The molecule has 0 unspecified atom stereocenters. The second-order valence-corrected chi connectivity index (χ2v) is 5.06. The molecule has 0 atom stereocenters. The molecule has 1 saturated heterocycles. The molecule has 0 saturated carbocycles. The van der Waals surface area contributed by atoms with Crippen LogP contribution in [0.2, 0.25) is 0 Å². The topological polar surface area (TPSA) is 66.7 Å². The van der Waals surface area contributed by atoms with E-state index < -0.39 is 0 Å². The van der Waals surface area contributed by atoms with Gasteiger partial charge in [-0.1, -0.05) is 17.3 Å². The zero-order chi connectivity index (χ0) is 15.5. The van der Waals surface area contributed by atoms with E-state index in [1.165, 1.54) is 29.4 Å². The van der Waals surface area contributed by atoms with Crippen LogP contribution in [0.4, 0.5) is 4.39 Å². The number of aromatic nitrogens is 1. The van der Waals surface area contributed by atoms with E-state index in [1.54, 1.807) is 17.0 Å². The quantitative estimate of drug-likeness (QED) is 0.857. The van der Waals surface area contributed by atoms with E-state index in [-0.39, 0.29) is 29.9 Å². The van der Waals surface area contributed by atoms with Crippen molar-refractivity contribution in [2.45, 2.75) is 6.54 Å². The summed E-state index contributed by atoms with van der Waals surface area (Å²) in [5.74, 6) is -0.829. The van der Waals surface area contributed by atoms with Crippen molar-refractivity contribution < 1.29 is 18.5 Å². The van der Waals surface area contributed by atoms with Crippen molar-refractivity contribution in [1.29, 1.82) is 0 Å². The molecule has 22 heavy (non-hydrogen) atoms. The van der Waals surface area contributed by atoms with Crippen molar-refractivity contribution in [2.24, 2.45) is 0 Å². The molecule has 114 valence electrons. The van der Waals surface area contributed by atoms with Gasteiger partial charge in [-0.2, -0.15) is 0 Å². The number of rotatable bonds is 3. The highest BCUT2D eigenvalue weighted by Crippen LogP contribution is 2.12. The highest BCUT2D eigenvalue weighted by atomic mass is 19.1. The molecule has 7 heteroatoms. The van der Waals surface area contributed by atoms with Gasteiger partial charge in [-0.3, -0.25) is 9.59 Å². The first kappa shape index (κ1) is 14.2. The maximum Gasteiger partial charge on any atom is 0.276 e. The minimum absolute atomic E-state index is 0.0129. The Kier molecular flexibility index (Phi) is 3.86. The molecule has 2 aromatic rings. The Morgan fingerprint density at radius 3 is 2.86 bits per heavy atom. The van der Waals surface area contributed by atoms with Gasteiger partial charge in [0.2, 0.25) is 5.91 Å². The Hall–Kier alpha value is -2.70. The minimum atomic E-state index is -0.329. The normalized spacial score (nSPS) is 15.2. The largest absolute Gasteiger partial charge is 0.364 e. The number of amides is 2. The van der Waals surface area contributed by atoms with Gasteiger partial charge in [-0.15, -0.1) is 0 Å². The smallest absolute Gasteiger partial charge is 0.276 e. The number of nitrogens with zero attached hydrogens (tertiary/aromatic N) is 3. The van der Waals surface area contributed by atoms with Gasteiger partial charge in [0.05, 0.1) is 0 Å². The van der Waals surface area contributed by atoms with Gasteiger partial charge in [0.15, 0.2) is 5.69 Å². The summed E-state index contributed by atoms with van der Waals surface area (Å²) in [5, 5.41) is 3.58. The van der Waals surface area contributed by atoms with Crippen molar-refractivity contribution in [1.82, 2.24) is 15.0 Å². The molecule has 1 aromatic heterocycles. The summed E-state index contributed by atoms with van der Waals surface area (Å²) in [4.78, 5) is 27.3. The van der Waals surface area contributed by atoms with Crippen LogP contribution < -0.4 is 0 Å². The molecule has 0 radical (unpaired) electrons. The summed E-state index contributed by atoms with van der Waals surface area (Å²) < 4.78 is 17.8. The Balaban J connectivity index is 1.63. The van der Waals surface area contributed by atoms with Crippen molar-refractivity contribution in [3.8, 4) is 0 Å². The molecule has 0 aliphatic carbocycles. The zero-order valence-corrected chi connectivity index (χ0v) is 11.7. The van der Waals surface area contributed by atoms with E-state index in [9.17, 15) is 14.0 Å². The monoisotopic (exact) mass is 303 g/mol. The van der Waals surface area contributed by atoms with Crippen LogP contribution in [0.5, 0.6) is 0 Å². The van der Waals surface area contributed by atoms with Crippen LogP contribution in [0.3, 0.4) is 0 Å². The third-order valence-corrected chi connectivity index (χ3v) is 3.53. The molecule has 0 spiro atoms. The number of hydrogen-bond donors (Lipinski definition) is 0. The van der Waals surface area contributed by atoms with Gasteiger partial charge in [0.1, 0.15) is 18.6 Å². The summed E-state index contributed by atoms with van der Waals surface area (Å²) >= 11 is 0. The van der Waals surface area contributed by atoms with Crippen LogP contribution in [-0.2, 0) is 11.3 Å². The van der Waals surface area contributed by atoms with Gasteiger partial charge in [-0.05, 0) is 17.7 Å². The number of carbonyl (C=O) groups is 2. The first-order chi connectivity index (χ1) is 10.6. The molecule has 1 aromatic carbocycles. The lowest BCUT2D eigenvalue weighted by Gasteiger charge is -2.34. The predicted molar refractivity (Wildman–Crippen MR) is 74.2 cm³/mol. The third-order valence-electron chi connectivity index (χ3n) is 3.53. The van der Waals surface area contributed by atoms with E-state index in [2.05, 4.69) is 9.68 Å². The van der Waals surface area contributed by atoms with E-state index in [4.69, 9.17) is 0 Å². The minimum Gasteiger partial charge on any atom is -0.364 e. The second kappa shape index (κ2) is 5.97. The van der Waals surface area contributed by atoms with Gasteiger partial charge in [-0.25, -0.2) is 4.39 Å². The average molecular weight is 303 g/mol. The summed E-state index contributed by atoms with van der Waals surface area (Å²) in [5.41, 5.74) is 0.913. The third kappa shape index (κ3) is 2.98. The molecule has 0 N–H and O–H groups in total. The fraction of sp³-hybridized carbons (Fsp3) is 0.267. The van der Waals surface area contributed by atoms with Gasteiger partial charge in [0.25, 0.3) is 5.91 Å². The van der Waals surface area contributed by atoms with Crippen LogP contribution in [0.15, 0.2) is 41.1 Å². The molecule has 6 nitrogen and oxygen atoms in total. The van der Waals surface area contributed by atoms with E-state index in [0.717, 1.165) is 5.56 Å². The lowest BCUT2D eigenvalue weighted by Crippen LogP contribution is -2.51. The van der Waals surface area contributed by atoms with Crippen molar-refractivity contribution in [3.63, 3.8) is 0 Å². The summed E-state index contributed by atoms with van der Waals surface area (Å²) in [6.45, 7) is 1.13. The Labute approximate surface area is 126 Å². The molecule has 2 amide bonds. The molecule has 0 bridgehead atoms. The second-order valence-electron chi connectivity index (χ2n) is 5.06. The Bertz CT molecular complexity index is 687. The summed E-state index contributed by atoms with van der Waals surface area (Å²) in [6, 6.07) is 7.61. The SMILES string of the molecule is O=C1CN(C(=O)c2ccon2)CCN1Cc1cccc(F)c1. The highest BCUT2D eigenvalue weighted by molar-refractivity contribution is 5.95. The van der Waals surface area contributed by atoms with Gasteiger partial charge in [0, 0.05) is 25.7 Å². The van der Waals surface area contributed by atoms with Crippen molar-refractivity contribution in [3.05, 3.63) is 53.7 Å². The lowest BCUT2D eigenvalue weighted by molar-refractivity contribution is -0.135. The van der Waals surface area contributed by atoms with E-state index in [1.807, 2.05) is 0 Å². The average Bonchev–Trinajstić information content (AvgIpc) is 3.03. The maximum absolute atomic E-state index is 13.2. The standard InChI is InChI=1S/C15H14FN3O3/c16-12-3-1-2-11(8-12)9-18-5-6-19(10-14(18)20)15(21)13-4-7-22-17-13/h1-4,7-8H,5-6,9-10H2. The fourth-order valence-corrected chi connectivity index (χ4v) is 2.39. The first-order valence-electron chi connectivity index (χ1n) is 6.85. The molecule has 1 fully saturated rings. The van der Waals surface area contributed by atoms with Crippen LogP contribution in [0.25, 0.3) is 0 Å². The molecular formula is C15H14FN3O3. The summed E-state index contributed by atoms with van der Waals surface area (Å²) in [7, 11) is 0. The van der Waals surface area contributed by atoms with Crippen LogP contribution in [0.1, 0.15) is 16.1 Å². The fourth-order valence-electron chi connectivity index (χ4n) is 2.39. The lowest BCUT2D eigenvalue weighted by atomic mass is 10.2. The number of hydrogen-bond acceptors (Lipinski definition) is 4. The Morgan fingerprint density at radius 1 is 1.32 bits per heavy atom. The number of carbonyl (C=O) groups excluding carboxylic acids is 2. The number of piperazine rings is 1. The van der Waals surface area contributed by atoms with Gasteiger partial charge < -0.3 is 14.3 Å². The number of benzene rings is 1.